The number of rotatable bonds is 9. The number of nitrogens with zero attached hydrogens (tertiary/aromatic N) is 1. The molecule has 1 aliphatic rings. The number of sulfonamides is 1. The normalized spacial score (nSPS) is 16.3. The first-order valence-corrected chi connectivity index (χ1v) is 11.5. The van der Waals surface area contributed by atoms with Crippen molar-refractivity contribution in [3.63, 3.8) is 0 Å². The van der Waals surface area contributed by atoms with Crippen LogP contribution in [0.2, 0.25) is 0 Å². The molecule has 7 nitrogen and oxygen atoms in total. The third kappa shape index (κ3) is 6.43. The minimum atomic E-state index is -3.56. The maximum absolute atomic E-state index is 13.1. The van der Waals surface area contributed by atoms with Crippen molar-refractivity contribution < 1.29 is 27.1 Å². The standard InChI is InChI=1S/C21H25FN2O5S/c1-30(26,27)24(14-16-4-6-17(22)7-5-16)18-8-10-19(11-9-18)29-15-21(25)23-13-20-3-2-12-28-20/h4-11,20H,2-3,12-15H2,1H3,(H,23,25). The molecule has 0 aliphatic carbocycles. The number of nitrogens with one attached hydrogen (secondary N) is 1. The summed E-state index contributed by atoms with van der Waals surface area (Å²) in [5, 5.41) is 2.77. The molecule has 0 spiro atoms. The van der Waals surface area contributed by atoms with Crippen molar-refractivity contribution in [3.8, 4) is 5.75 Å². The summed E-state index contributed by atoms with van der Waals surface area (Å²) >= 11 is 0. The van der Waals surface area contributed by atoms with Crippen LogP contribution in [0.4, 0.5) is 10.1 Å². The van der Waals surface area contributed by atoms with Crippen molar-refractivity contribution in [2.45, 2.75) is 25.5 Å². The van der Waals surface area contributed by atoms with Crippen LogP contribution in [0.25, 0.3) is 0 Å². The van der Waals surface area contributed by atoms with E-state index in [-0.39, 0.29) is 31.0 Å². The van der Waals surface area contributed by atoms with E-state index < -0.39 is 10.0 Å². The van der Waals surface area contributed by atoms with E-state index in [4.69, 9.17) is 9.47 Å². The largest absolute Gasteiger partial charge is 0.484 e. The summed E-state index contributed by atoms with van der Waals surface area (Å²) in [6.07, 6.45) is 3.13. The lowest BCUT2D eigenvalue weighted by Gasteiger charge is -2.23. The zero-order valence-electron chi connectivity index (χ0n) is 16.7. The van der Waals surface area contributed by atoms with Crippen LogP contribution >= 0.6 is 0 Å². The summed E-state index contributed by atoms with van der Waals surface area (Å²) in [6, 6.07) is 12.1. The van der Waals surface area contributed by atoms with Crippen LogP contribution in [0, 0.1) is 5.82 Å². The Morgan fingerprint density at radius 2 is 1.90 bits per heavy atom. The zero-order chi connectivity index (χ0) is 21.6. The van der Waals surface area contributed by atoms with Gasteiger partial charge in [-0.25, -0.2) is 12.8 Å². The van der Waals surface area contributed by atoms with Gasteiger partial charge >= 0.3 is 0 Å². The predicted octanol–water partition coefficient (Wildman–Crippen LogP) is 2.47. The van der Waals surface area contributed by atoms with Gasteiger partial charge in [-0.15, -0.1) is 0 Å². The molecule has 0 bridgehead atoms. The molecule has 1 heterocycles. The van der Waals surface area contributed by atoms with Crippen LogP contribution in [0.5, 0.6) is 5.75 Å². The summed E-state index contributed by atoms with van der Waals surface area (Å²) < 4.78 is 49.7. The van der Waals surface area contributed by atoms with Gasteiger partial charge in [0.05, 0.1) is 24.6 Å². The summed E-state index contributed by atoms with van der Waals surface area (Å²) in [7, 11) is -3.56. The van der Waals surface area contributed by atoms with E-state index >= 15 is 0 Å². The fourth-order valence-corrected chi connectivity index (χ4v) is 3.99. The van der Waals surface area contributed by atoms with Crippen molar-refractivity contribution in [2.24, 2.45) is 0 Å². The second kappa shape index (κ2) is 9.90. The zero-order valence-corrected chi connectivity index (χ0v) is 17.5. The number of ether oxygens (including phenoxy) is 2. The second-order valence-corrected chi connectivity index (χ2v) is 9.02. The fourth-order valence-electron chi connectivity index (χ4n) is 3.10. The minimum Gasteiger partial charge on any atom is -0.484 e. The quantitative estimate of drug-likeness (QED) is 0.653. The van der Waals surface area contributed by atoms with Crippen LogP contribution in [0.15, 0.2) is 48.5 Å². The summed E-state index contributed by atoms with van der Waals surface area (Å²) in [4.78, 5) is 11.9. The van der Waals surface area contributed by atoms with Crippen LogP contribution in [0.1, 0.15) is 18.4 Å². The molecule has 1 aliphatic heterocycles. The molecule has 1 N–H and O–H groups in total. The third-order valence-corrected chi connectivity index (χ3v) is 5.83. The lowest BCUT2D eigenvalue weighted by molar-refractivity contribution is -0.123. The maximum atomic E-state index is 13.1. The number of carbonyl (C=O) groups excluding carboxylic acids is 1. The Labute approximate surface area is 175 Å². The monoisotopic (exact) mass is 436 g/mol. The lowest BCUT2D eigenvalue weighted by Crippen LogP contribution is -2.35. The highest BCUT2D eigenvalue weighted by molar-refractivity contribution is 7.92. The third-order valence-electron chi connectivity index (χ3n) is 4.69. The number of amides is 1. The topological polar surface area (TPSA) is 84.9 Å². The molecule has 2 aromatic carbocycles. The molecule has 1 fully saturated rings. The van der Waals surface area contributed by atoms with Crippen LogP contribution in [-0.2, 0) is 26.1 Å². The molecule has 1 amide bonds. The Kier molecular flexibility index (Phi) is 7.28. The van der Waals surface area contributed by atoms with E-state index in [2.05, 4.69) is 5.32 Å². The summed E-state index contributed by atoms with van der Waals surface area (Å²) in [6.45, 7) is 1.13. The number of anilines is 1. The Hall–Kier alpha value is -2.65. The van der Waals surface area contributed by atoms with Crippen LogP contribution < -0.4 is 14.4 Å². The highest BCUT2D eigenvalue weighted by atomic mass is 32.2. The van der Waals surface area contributed by atoms with Crippen LogP contribution in [0.3, 0.4) is 0 Å². The average molecular weight is 437 g/mol. The highest BCUT2D eigenvalue weighted by Crippen LogP contribution is 2.24. The smallest absolute Gasteiger partial charge is 0.258 e. The number of hydrogen-bond acceptors (Lipinski definition) is 5. The van der Waals surface area contributed by atoms with Gasteiger partial charge in [0.2, 0.25) is 10.0 Å². The predicted molar refractivity (Wildman–Crippen MR) is 111 cm³/mol. The van der Waals surface area contributed by atoms with Gasteiger partial charge in [0.25, 0.3) is 5.91 Å². The van der Waals surface area contributed by atoms with E-state index in [0.29, 0.717) is 23.5 Å². The highest BCUT2D eigenvalue weighted by Gasteiger charge is 2.19. The molecule has 30 heavy (non-hydrogen) atoms. The van der Waals surface area contributed by atoms with Gasteiger partial charge < -0.3 is 14.8 Å². The summed E-state index contributed by atoms with van der Waals surface area (Å²) in [5.41, 5.74) is 1.10. The van der Waals surface area contributed by atoms with Crippen molar-refractivity contribution >= 4 is 21.6 Å². The first-order valence-electron chi connectivity index (χ1n) is 9.64. The SMILES string of the molecule is CS(=O)(=O)N(Cc1ccc(F)cc1)c1ccc(OCC(=O)NCC2CCCO2)cc1. The molecular weight excluding hydrogens is 411 g/mol. The number of halogens is 1. The average Bonchev–Trinajstić information content (AvgIpc) is 3.23. The fraction of sp³-hybridized carbons (Fsp3) is 0.381. The van der Waals surface area contributed by atoms with Gasteiger partial charge in [-0.2, -0.15) is 0 Å². The molecular formula is C21H25FN2O5S. The van der Waals surface area contributed by atoms with E-state index in [1.54, 1.807) is 36.4 Å². The molecule has 3 rings (SSSR count). The maximum Gasteiger partial charge on any atom is 0.258 e. The van der Waals surface area contributed by atoms with E-state index in [0.717, 1.165) is 25.7 Å². The molecule has 1 atom stereocenters. The van der Waals surface area contributed by atoms with Crippen molar-refractivity contribution in [2.75, 3.05) is 30.3 Å². The van der Waals surface area contributed by atoms with Crippen molar-refractivity contribution in [3.05, 3.63) is 59.9 Å². The number of carbonyl (C=O) groups is 1. The van der Waals surface area contributed by atoms with Crippen LogP contribution in [-0.4, -0.2) is 46.4 Å². The van der Waals surface area contributed by atoms with Gasteiger partial charge in [0.1, 0.15) is 11.6 Å². The van der Waals surface area contributed by atoms with Crippen molar-refractivity contribution in [1.82, 2.24) is 5.32 Å². The van der Waals surface area contributed by atoms with Crippen molar-refractivity contribution in [1.29, 1.82) is 0 Å². The molecule has 162 valence electrons. The van der Waals surface area contributed by atoms with E-state index in [1.807, 2.05) is 0 Å². The number of benzene rings is 2. The Bertz CT molecular complexity index is 942. The first-order chi connectivity index (χ1) is 14.3. The molecule has 1 unspecified atom stereocenters. The first kappa shape index (κ1) is 22.0. The Morgan fingerprint density at radius 1 is 1.20 bits per heavy atom. The molecule has 0 radical (unpaired) electrons. The molecule has 0 saturated carbocycles. The van der Waals surface area contributed by atoms with Gasteiger partial charge in [0.15, 0.2) is 6.61 Å². The Balaban J connectivity index is 1.57. The summed E-state index contributed by atoms with van der Waals surface area (Å²) in [5.74, 6) is -0.184. The number of hydrogen-bond donors (Lipinski definition) is 1. The Morgan fingerprint density at radius 3 is 2.50 bits per heavy atom. The van der Waals surface area contributed by atoms with E-state index in [9.17, 15) is 17.6 Å². The molecule has 9 heteroatoms. The van der Waals surface area contributed by atoms with Gasteiger partial charge in [-0.1, -0.05) is 12.1 Å². The second-order valence-electron chi connectivity index (χ2n) is 7.12. The lowest BCUT2D eigenvalue weighted by atomic mass is 10.2. The molecule has 0 aromatic heterocycles. The van der Waals surface area contributed by atoms with Gasteiger partial charge in [-0.3, -0.25) is 9.10 Å². The minimum absolute atomic E-state index is 0.0660. The molecule has 2 aromatic rings. The van der Waals surface area contributed by atoms with Gasteiger partial charge in [0, 0.05) is 13.2 Å². The van der Waals surface area contributed by atoms with Gasteiger partial charge in [-0.05, 0) is 54.8 Å². The molecule has 1 saturated heterocycles. The van der Waals surface area contributed by atoms with E-state index in [1.165, 1.54) is 16.4 Å².